The van der Waals surface area contributed by atoms with Crippen LogP contribution in [0.25, 0.3) is 0 Å². The second kappa shape index (κ2) is 8.34. The minimum absolute atomic E-state index is 0.0219. The van der Waals surface area contributed by atoms with E-state index in [-0.39, 0.29) is 18.5 Å². The molecule has 6 heteroatoms. The van der Waals surface area contributed by atoms with Gasteiger partial charge < -0.3 is 20.4 Å². The summed E-state index contributed by atoms with van der Waals surface area (Å²) < 4.78 is 0. The molecule has 0 aromatic heterocycles. The van der Waals surface area contributed by atoms with Crippen molar-refractivity contribution in [2.24, 2.45) is 5.92 Å². The second-order valence-corrected chi connectivity index (χ2v) is 6.98. The zero-order valence-electron chi connectivity index (χ0n) is 15.0. The molecule has 0 aliphatic carbocycles. The van der Waals surface area contributed by atoms with Crippen molar-refractivity contribution in [3.8, 4) is 0 Å². The van der Waals surface area contributed by atoms with Crippen molar-refractivity contribution in [2.45, 2.75) is 25.8 Å². The van der Waals surface area contributed by atoms with Crippen molar-refractivity contribution in [2.75, 3.05) is 39.8 Å². The van der Waals surface area contributed by atoms with E-state index in [0.717, 1.165) is 38.9 Å². The Labute approximate surface area is 149 Å². The van der Waals surface area contributed by atoms with Crippen LogP contribution in [0.4, 0.5) is 4.79 Å². The van der Waals surface area contributed by atoms with E-state index in [1.54, 1.807) is 4.90 Å². The first-order valence-electron chi connectivity index (χ1n) is 9.19. The molecule has 0 saturated carbocycles. The van der Waals surface area contributed by atoms with Crippen molar-refractivity contribution in [3.63, 3.8) is 0 Å². The minimum atomic E-state index is -0.145. The minimum Gasteiger partial charge on any atom is -0.341 e. The predicted octanol–water partition coefficient (Wildman–Crippen LogP) is 1.21. The van der Waals surface area contributed by atoms with Crippen LogP contribution in [0.1, 0.15) is 24.0 Å². The average Bonchev–Trinajstić information content (AvgIpc) is 2.66. The number of benzene rings is 1. The molecule has 3 amide bonds. The molecule has 136 valence electrons. The highest BCUT2D eigenvalue weighted by Gasteiger charge is 2.24. The van der Waals surface area contributed by atoms with Gasteiger partial charge in [0.2, 0.25) is 5.91 Å². The number of carbonyl (C=O) groups excluding carboxylic acids is 2. The maximum Gasteiger partial charge on any atom is 0.318 e. The lowest BCUT2D eigenvalue weighted by Crippen LogP contribution is -2.48. The third-order valence-electron chi connectivity index (χ3n) is 5.27. The second-order valence-electron chi connectivity index (χ2n) is 6.98. The molecule has 2 aliphatic rings. The van der Waals surface area contributed by atoms with E-state index < -0.39 is 0 Å². The SMILES string of the molecule is CNCC1CCN(C(=O)CNC(=O)N2CCc3ccccc3C2)CC1. The van der Waals surface area contributed by atoms with Gasteiger partial charge in [-0.1, -0.05) is 24.3 Å². The Kier molecular flexibility index (Phi) is 5.91. The first kappa shape index (κ1) is 17.7. The molecule has 2 heterocycles. The molecule has 0 bridgehead atoms. The molecule has 0 radical (unpaired) electrons. The quantitative estimate of drug-likeness (QED) is 0.863. The Morgan fingerprint density at radius 3 is 2.52 bits per heavy atom. The lowest BCUT2D eigenvalue weighted by Gasteiger charge is -2.32. The topological polar surface area (TPSA) is 64.7 Å². The fourth-order valence-corrected chi connectivity index (χ4v) is 3.72. The number of nitrogens with one attached hydrogen (secondary N) is 2. The molecule has 2 N–H and O–H groups in total. The van der Waals surface area contributed by atoms with E-state index in [4.69, 9.17) is 0 Å². The zero-order chi connectivity index (χ0) is 17.6. The smallest absolute Gasteiger partial charge is 0.318 e. The van der Waals surface area contributed by atoms with Gasteiger partial charge in [-0.05, 0) is 49.9 Å². The lowest BCUT2D eigenvalue weighted by atomic mass is 9.97. The van der Waals surface area contributed by atoms with Gasteiger partial charge in [0.15, 0.2) is 0 Å². The van der Waals surface area contributed by atoms with Gasteiger partial charge in [0.1, 0.15) is 0 Å². The van der Waals surface area contributed by atoms with E-state index in [1.807, 2.05) is 24.1 Å². The molecule has 1 fully saturated rings. The summed E-state index contributed by atoms with van der Waals surface area (Å²) in [6.45, 7) is 4.00. The lowest BCUT2D eigenvalue weighted by molar-refractivity contribution is -0.131. The van der Waals surface area contributed by atoms with Crippen molar-refractivity contribution < 1.29 is 9.59 Å². The Balaban J connectivity index is 1.43. The fourth-order valence-electron chi connectivity index (χ4n) is 3.72. The zero-order valence-corrected chi connectivity index (χ0v) is 15.0. The average molecular weight is 344 g/mol. The first-order chi connectivity index (χ1) is 12.2. The number of fused-ring (bicyclic) bond motifs is 1. The van der Waals surface area contributed by atoms with Gasteiger partial charge in [-0.25, -0.2) is 4.79 Å². The van der Waals surface area contributed by atoms with Crippen molar-refractivity contribution in [1.82, 2.24) is 20.4 Å². The van der Waals surface area contributed by atoms with Crippen molar-refractivity contribution in [1.29, 1.82) is 0 Å². The van der Waals surface area contributed by atoms with Crippen LogP contribution in [0.5, 0.6) is 0 Å². The number of rotatable bonds is 4. The maximum absolute atomic E-state index is 12.4. The van der Waals surface area contributed by atoms with Crippen LogP contribution >= 0.6 is 0 Å². The van der Waals surface area contributed by atoms with Crippen LogP contribution in [-0.4, -0.2) is 61.5 Å². The summed E-state index contributed by atoms with van der Waals surface area (Å²) in [7, 11) is 1.96. The Bertz CT molecular complexity index is 611. The summed E-state index contributed by atoms with van der Waals surface area (Å²) in [5, 5.41) is 6.00. The summed E-state index contributed by atoms with van der Waals surface area (Å²) in [5.74, 6) is 0.672. The summed E-state index contributed by atoms with van der Waals surface area (Å²) >= 11 is 0. The molecule has 1 aromatic carbocycles. The van der Waals surface area contributed by atoms with Gasteiger partial charge in [-0.15, -0.1) is 0 Å². The third kappa shape index (κ3) is 4.51. The van der Waals surface area contributed by atoms with Crippen LogP contribution in [-0.2, 0) is 17.8 Å². The van der Waals surface area contributed by atoms with Crippen LogP contribution < -0.4 is 10.6 Å². The molecule has 3 rings (SSSR count). The molecule has 1 saturated heterocycles. The largest absolute Gasteiger partial charge is 0.341 e. The van der Waals surface area contributed by atoms with Crippen molar-refractivity contribution >= 4 is 11.9 Å². The molecule has 0 spiro atoms. The number of urea groups is 1. The molecule has 2 aliphatic heterocycles. The third-order valence-corrected chi connectivity index (χ3v) is 5.27. The molecule has 1 aromatic rings. The van der Waals surface area contributed by atoms with Crippen LogP contribution in [0.15, 0.2) is 24.3 Å². The number of carbonyl (C=O) groups is 2. The van der Waals surface area contributed by atoms with Crippen LogP contribution in [0.2, 0.25) is 0 Å². The fraction of sp³-hybridized carbons (Fsp3) is 0.579. The number of amides is 3. The van der Waals surface area contributed by atoms with Gasteiger partial charge in [0.05, 0.1) is 6.54 Å². The maximum atomic E-state index is 12.4. The van der Waals surface area contributed by atoms with Gasteiger partial charge in [-0.3, -0.25) is 4.79 Å². The predicted molar refractivity (Wildman–Crippen MR) is 97.2 cm³/mol. The highest BCUT2D eigenvalue weighted by Crippen LogP contribution is 2.18. The van der Waals surface area contributed by atoms with Gasteiger partial charge >= 0.3 is 6.03 Å². The van der Waals surface area contributed by atoms with Crippen LogP contribution in [0, 0.1) is 5.92 Å². The van der Waals surface area contributed by atoms with Crippen molar-refractivity contribution in [3.05, 3.63) is 35.4 Å². The normalized spacial score (nSPS) is 18.0. The van der Waals surface area contributed by atoms with E-state index in [0.29, 0.717) is 19.0 Å². The van der Waals surface area contributed by atoms with Crippen LogP contribution in [0.3, 0.4) is 0 Å². The van der Waals surface area contributed by atoms with E-state index in [1.165, 1.54) is 11.1 Å². The number of hydrogen-bond donors (Lipinski definition) is 2. The standard InChI is InChI=1S/C19H28N4O2/c1-20-12-15-6-9-22(10-7-15)18(24)13-21-19(25)23-11-8-16-4-2-3-5-17(16)14-23/h2-5,15,20H,6-14H2,1H3,(H,21,25). The van der Waals surface area contributed by atoms with E-state index >= 15 is 0 Å². The summed E-state index contributed by atoms with van der Waals surface area (Å²) in [5.41, 5.74) is 2.51. The number of hydrogen-bond acceptors (Lipinski definition) is 3. The summed E-state index contributed by atoms with van der Waals surface area (Å²) in [6, 6.07) is 8.07. The highest BCUT2D eigenvalue weighted by atomic mass is 16.2. The molecule has 6 nitrogen and oxygen atoms in total. The Morgan fingerprint density at radius 1 is 1.08 bits per heavy atom. The summed E-state index contributed by atoms with van der Waals surface area (Å²) in [4.78, 5) is 28.4. The number of likely N-dealkylation sites (tertiary alicyclic amines) is 1. The summed E-state index contributed by atoms with van der Waals surface area (Å²) in [6.07, 6.45) is 2.93. The number of piperidine rings is 1. The molecule has 0 atom stereocenters. The van der Waals surface area contributed by atoms with E-state index in [9.17, 15) is 9.59 Å². The number of nitrogens with zero attached hydrogens (tertiary/aromatic N) is 2. The molecule has 0 unspecified atom stereocenters. The highest BCUT2D eigenvalue weighted by molar-refractivity contribution is 5.84. The monoisotopic (exact) mass is 344 g/mol. The molecular formula is C19H28N4O2. The van der Waals surface area contributed by atoms with Gasteiger partial charge in [0.25, 0.3) is 0 Å². The first-order valence-corrected chi connectivity index (χ1v) is 9.19. The molecule has 25 heavy (non-hydrogen) atoms. The van der Waals surface area contributed by atoms with E-state index in [2.05, 4.69) is 22.8 Å². The Hall–Kier alpha value is -2.08. The molecular weight excluding hydrogens is 316 g/mol. The van der Waals surface area contributed by atoms with Gasteiger partial charge in [0, 0.05) is 26.2 Å². The Morgan fingerprint density at radius 2 is 1.80 bits per heavy atom. The van der Waals surface area contributed by atoms with Gasteiger partial charge in [-0.2, -0.15) is 0 Å².